The summed E-state index contributed by atoms with van der Waals surface area (Å²) in [7, 11) is 2.59. The molecule has 2 fully saturated rings. The average Bonchev–Trinajstić information content (AvgIpc) is 3.94. The van der Waals surface area contributed by atoms with Crippen molar-refractivity contribution in [2.24, 2.45) is 11.8 Å². The van der Waals surface area contributed by atoms with E-state index in [1.807, 2.05) is 56.9 Å². The molecule has 50 heavy (non-hydrogen) atoms. The lowest BCUT2D eigenvalue weighted by molar-refractivity contribution is -0.135. The lowest BCUT2D eigenvalue weighted by Crippen LogP contribution is -2.54. The molecule has 0 spiro atoms. The van der Waals surface area contributed by atoms with Crippen LogP contribution in [0, 0.1) is 23.7 Å². The molecule has 5 atom stereocenters. The Balaban J connectivity index is 1.23. The number of carbonyl (C=O) groups excluding carboxylic acids is 3. The second-order valence-corrected chi connectivity index (χ2v) is 13.5. The van der Waals surface area contributed by atoms with Crippen molar-refractivity contribution in [2.45, 2.75) is 83.8 Å². The van der Waals surface area contributed by atoms with Gasteiger partial charge in [-0.2, -0.15) is 0 Å². The number of amides is 3. The normalized spacial score (nSPS) is 19.5. The van der Waals surface area contributed by atoms with Crippen molar-refractivity contribution in [3.63, 3.8) is 0 Å². The summed E-state index contributed by atoms with van der Waals surface area (Å²) in [4.78, 5) is 56.9. The van der Waals surface area contributed by atoms with Crippen LogP contribution < -0.4 is 10.6 Å². The molecule has 5 rings (SSSR count). The number of rotatable bonds is 10. The first-order valence-corrected chi connectivity index (χ1v) is 17.2. The van der Waals surface area contributed by atoms with Gasteiger partial charge in [0.1, 0.15) is 29.6 Å². The van der Waals surface area contributed by atoms with Crippen LogP contribution >= 0.6 is 0 Å². The van der Waals surface area contributed by atoms with E-state index in [9.17, 15) is 19.5 Å². The SMILES string of the molecule is COC(=O)NC(C(=O)N1CCCC1c1ncc(-c2ccc(C#Cc3cnc(C4CCCN4C(O)C(NC(=O)OC)C(C)C)[nH]3)cc2)[nH]1)C(C)C. The largest absolute Gasteiger partial charge is 0.453 e. The van der Waals surface area contributed by atoms with E-state index in [0.29, 0.717) is 24.6 Å². The van der Waals surface area contributed by atoms with Crippen LogP contribution in [0.25, 0.3) is 11.3 Å². The number of benzene rings is 1. The summed E-state index contributed by atoms with van der Waals surface area (Å²) < 4.78 is 9.50. The van der Waals surface area contributed by atoms with Gasteiger partial charge in [0.05, 0.1) is 50.4 Å². The van der Waals surface area contributed by atoms with Crippen molar-refractivity contribution < 1.29 is 29.0 Å². The molecule has 3 amide bonds. The van der Waals surface area contributed by atoms with Crippen LogP contribution in [0.2, 0.25) is 0 Å². The van der Waals surface area contributed by atoms with E-state index in [2.05, 4.69) is 42.4 Å². The molecule has 1 aromatic carbocycles. The molecule has 5 unspecified atom stereocenters. The van der Waals surface area contributed by atoms with Crippen LogP contribution in [0.3, 0.4) is 0 Å². The summed E-state index contributed by atoms with van der Waals surface area (Å²) in [5, 5.41) is 16.7. The van der Waals surface area contributed by atoms with Gasteiger partial charge < -0.3 is 40.1 Å². The number of ether oxygens (including phenoxy) is 2. The third kappa shape index (κ3) is 8.28. The van der Waals surface area contributed by atoms with E-state index >= 15 is 0 Å². The molecule has 14 heteroatoms. The number of alkyl carbamates (subject to hydrolysis) is 2. The minimum Gasteiger partial charge on any atom is -0.453 e. The van der Waals surface area contributed by atoms with Crippen LogP contribution in [0.4, 0.5) is 9.59 Å². The van der Waals surface area contributed by atoms with Gasteiger partial charge in [0.2, 0.25) is 5.91 Å². The predicted molar refractivity (Wildman–Crippen MR) is 185 cm³/mol. The zero-order chi connectivity index (χ0) is 35.9. The van der Waals surface area contributed by atoms with Gasteiger partial charge in [-0.05, 0) is 61.1 Å². The molecule has 2 aliphatic heterocycles. The number of nitrogens with one attached hydrogen (secondary N) is 4. The summed E-state index contributed by atoms with van der Waals surface area (Å²) in [6.45, 7) is 8.93. The topological polar surface area (TPSA) is 178 Å². The van der Waals surface area contributed by atoms with Crippen molar-refractivity contribution in [3.05, 3.63) is 59.6 Å². The summed E-state index contributed by atoms with van der Waals surface area (Å²) in [5.41, 5.74) is 3.24. The molecule has 2 aliphatic rings. The Kier molecular flexibility index (Phi) is 11.8. The van der Waals surface area contributed by atoms with Gasteiger partial charge in [-0.3, -0.25) is 9.69 Å². The van der Waals surface area contributed by atoms with Gasteiger partial charge in [-0.25, -0.2) is 19.6 Å². The highest BCUT2D eigenvalue weighted by Gasteiger charge is 2.39. The van der Waals surface area contributed by atoms with Crippen molar-refractivity contribution in [1.82, 2.24) is 40.4 Å². The first-order chi connectivity index (χ1) is 24.0. The quantitative estimate of drug-likeness (QED) is 0.196. The number of aromatic amines is 2. The summed E-state index contributed by atoms with van der Waals surface area (Å²) in [5.74, 6) is 7.50. The van der Waals surface area contributed by atoms with Crippen LogP contribution in [0.5, 0.6) is 0 Å². The van der Waals surface area contributed by atoms with E-state index < -0.39 is 30.5 Å². The first-order valence-electron chi connectivity index (χ1n) is 17.2. The molecular formula is C36H48N8O6. The Hall–Kier alpha value is -4.87. The van der Waals surface area contributed by atoms with Crippen molar-refractivity contribution >= 4 is 18.1 Å². The average molecular weight is 689 g/mol. The van der Waals surface area contributed by atoms with E-state index in [0.717, 1.165) is 48.3 Å². The molecule has 0 saturated carbocycles. The second-order valence-electron chi connectivity index (χ2n) is 13.5. The molecule has 2 saturated heterocycles. The van der Waals surface area contributed by atoms with E-state index in [1.54, 1.807) is 17.3 Å². The molecule has 2 aromatic heterocycles. The zero-order valence-corrected chi connectivity index (χ0v) is 29.5. The zero-order valence-electron chi connectivity index (χ0n) is 29.5. The molecule has 4 heterocycles. The number of aromatic nitrogens is 4. The predicted octanol–water partition coefficient (Wildman–Crippen LogP) is 4.08. The standard InChI is InChI=1S/C36H48N8O6/c1-21(2)29(41-35(47)49-5)33(45)43-17-7-9-27(43)31-37-19-25(39-31)16-13-23-11-14-24(15-12-23)26-20-38-32(40-26)28-10-8-18-44(28)34(46)30(22(3)4)42-36(48)50-6/h11-12,14-15,19-22,27-30,33,45H,7-10,17-18H2,1-6H3,(H,37,39)(H,38,40)(H,41,47)(H,42,48). The maximum absolute atomic E-state index is 13.5. The fourth-order valence-corrected chi connectivity index (χ4v) is 6.67. The highest BCUT2D eigenvalue weighted by atomic mass is 16.5. The monoisotopic (exact) mass is 688 g/mol. The Morgan fingerprint density at radius 2 is 1.50 bits per heavy atom. The number of aliphatic hydroxyl groups is 1. The number of imidazole rings is 2. The number of hydrogen-bond acceptors (Lipinski definition) is 9. The molecule has 0 radical (unpaired) electrons. The Labute approximate surface area is 292 Å². The summed E-state index contributed by atoms with van der Waals surface area (Å²) in [6, 6.07) is 6.27. The molecule has 0 aliphatic carbocycles. The van der Waals surface area contributed by atoms with Crippen molar-refractivity contribution in [2.75, 3.05) is 27.3 Å². The Bertz CT molecular complexity index is 1690. The van der Waals surface area contributed by atoms with E-state index in [1.165, 1.54) is 14.2 Å². The maximum atomic E-state index is 13.5. The lowest BCUT2D eigenvalue weighted by atomic mass is 10.0. The van der Waals surface area contributed by atoms with E-state index in [-0.39, 0.29) is 29.8 Å². The van der Waals surface area contributed by atoms with Gasteiger partial charge in [0.25, 0.3) is 0 Å². The third-order valence-corrected chi connectivity index (χ3v) is 9.43. The van der Waals surface area contributed by atoms with Crippen LogP contribution in [0.15, 0.2) is 36.7 Å². The minimum atomic E-state index is -0.905. The first kappa shape index (κ1) is 36.4. The lowest BCUT2D eigenvalue weighted by Gasteiger charge is -2.35. The molecule has 5 N–H and O–H groups in total. The summed E-state index contributed by atoms with van der Waals surface area (Å²) >= 11 is 0. The fourth-order valence-electron chi connectivity index (χ4n) is 6.67. The van der Waals surface area contributed by atoms with Crippen LogP contribution in [0.1, 0.15) is 88.4 Å². The summed E-state index contributed by atoms with van der Waals surface area (Å²) in [6.07, 6.45) is 4.68. The number of H-pyrrole nitrogens is 2. The smallest absolute Gasteiger partial charge is 0.407 e. The van der Waals surface area contributed by atoms with Crippen LogP contribution in [-0.4, -0.2) is 98.6 Å². The highest BCUT2D eigenvalue weighted by molar-refractivity contribution is 5.86. The molecule has 0 bridgehead atoms. The number of methoxy groups -OCH3 is 2. The third-order valence-electron chi connectivity index (χ3n) is 9.43. The number of likely N-dealkylation sites (tertiary alicyclic amines) is 2. The number of carbonyl (C=O) groups is 3. The van der Waals surface area contributed by atoms with Gasteiger partial charge in [-0.15, -0.1) is 0 Å². The van der Waals surface area contributed by atoms with Gasteiger partial charge >= 0.3 is 12.2 Å². The van der Waals surface area contributed by atoms with Gasteiger partial charge in [0, 0.05) is 18.7 Å². The minimum absolute atomic E-state index is 0.0146. The second kappa shape index (κ2) is 16.2. The Morgan fingerprint density at radius 1 is 0.860 bits per heavy atom. The van der Waals surface area contributed by atoms with Crippen molar-refractivity contribution in [3.8, 4) is 23.1 Å². The number of nitrogens with zero attached hydrogens (tertiary/aromatic N) is 4. The fraction of sp³-hybridized carbons (Fsp3) is 0.528. The molecule has 14 nitrogen and oxygen atoms in total. The van der Waals surface area contributed by atoms with Gasteiger partial charge in [-0.1, -0.05) is 45.7 Å². The molecule has 3 aromatic rings. The van der Waals surface area contributed by atoms with E-state index in [4.69, 9.17) is 9.47 Å². The Morgan fingerprint density at radius 3 is 2.18 bits per heavy atom. The van der Waals surface area contributed by atoms with Crippen molar-refractivity contribution in [1.29, 1.82) is 0 Å². The number of aliphatic hydroxyl groups excluding tert-OH is 1. The highest BCUT2D eigenvalue weighted by Crippen LogP contribution is 2.34. The molecule has 268 valence electrons. The van der Waals surface area contributed by atoms with Crippen LogP contribution in [-0.2, 0) is 14.3 Å². The maximum Gasteiger partial charge on any atom is 0.407 e. The van der Waals surface area contributed by atoms with Gasteiger partial charge in [0.15, 0.2) is 0 Å². The number of hydrogen-bond donors (Lipinski definition) is 5. The molecular weight excluding hydrogens is 640 g/mol.